The van der Waals surface area contributed by atoms with E-state index in [9.17, 15) is 4.79 Å². The summed E-state index contributed by atoms with van der Waals surface area (Å²) in [5, 5.41) is 6.06. The van der Waals surface area contributed by atoms with E-state index in [-0.39, 0.29) is 17.9 Å². The van der Waals surface area contributed by atoms with Gasteiger partial charge in [0.1, 0.15) is 0 Å². The van der Waals surface area contributed by atoms with E-state index < -0.39 is 0 Å². The number of hydrogen-bond acceptors (Lipinski definition) is 3. The van der Waals surface area contributed by atoms with E-state index in [1.807, 2.05) is 0 Å². The van der Waals surface area contributed by atoms with Crippen LogP contribution in [0.25, 0.3) is 0 Å². The van der Waals surface area contributed by atoms with Gasteiger partial charge in [-0.1, -0.05) is 6.92 Å². The Kier molecular flexibility index (Phi) is 3.59. The van der Waals surface area contributed by atoms with Crippen LogP contribution in [0, 0.1) is 11.8 Å². The summed E-state index contributed by atoms with van der Waals surface area (Å²) in [5.74, 6) is 1.04. The van der Waals surface area contributed by atoms with Gasteiger partial charge in [-0.2, -0.15) is 0 Å². The third-order valence-corrected chi connectivity index (χ3v) is 3.25. The lowest BCUT2D eigenvalue weighted by Gasteiger charge is -2.29. The SMILES string of the molecule is CC1CCC(CNC(=O)C2CNC2)OC1. The summed E-state index contributed by atoms with van der Waals surface area (Å²) in [6.07, 6.45) is 2.52. The zero-order valence-electron chi connectivity index (χ0n) is 9.29. The van der Waals surface area contributed by atoms with Crippen LogP contribution in [0.3, 0.4) is 0 Å². The lowest BCUT2D eigenvalue weighted by atomic mass is 9.99. The van der Waals surface area contributed by atoms with Crippen molar-refractivity contribution < 1.29 is 9.53 Å². The molecule has 2 saturated heterocycles. The number of carbonyl (C=O) groups excluding carboxylic acids is 1. The van der Waals surface area contributed by atoms with Gasteiger partial charge in [-0.05, 0) is 18.8 Å². The van der Waals surface area contributed by atoms with Crippen LogP contribution in [0.2, 0.25) is 0 Å². The molecule has 2 aliphatic heterocycles. The van der Waals surface area contributed by atoms with Crippen LogP contribution < -0.4 is 10.6 Å². The summed E-state index contributed by atoms with van der Waals surface area (Å²) in [5.41, 5.74) is 0. The molecule has 2 aliphatic rings. The summed E-state index contributed by atoms with van der Waals surface area (Å²) in [7, 11) is 0. The Morgan fingerprint density at radius 3 is 2.80 bits per heavy atom. The summed E-state index contributed by atoms with van der Waals surface area (Å²) >= 11 is 0. The predicted molar refractivity (Wildman–Crippen MR) is 57.5 cm³/mol. The topological polar surface area (TPSA) is 50.4 Å². The van der Waals surface area contributed by atoms with Crippen molar-refractivity contribution in [2.24, 2.45) is 11.8 Å². The number of amides is 1. The van der Waals surface area contributed by atoms with Gasteiger partial charge in [-0.3, -0.25) is 4.79 Å². The zero-order chi connectivity index (χ0) is 10.7. The van der Waals surface area contributed by atoms with Crippen LogP contribution >= 0.6 is 0 Å². The molecule has 0 aromatic rings. The third-order valence-electron chi connectivity index (χ3n) is 3.25. The lowest BCUT2D eigenvalue weighted by molar-refractivity contribution is -0.127. The predicted octanol–water partition coefficient (Wildman–Crippen LogP) is 0.137. The fraction of sp³-hybridized carbons (Fsp3) is 0.909. The Hall–Kier alpha value is -0.610. The van der Waals surface area contributed by atoms with Gasteiger partial charge >= 0.3 is 0 Å². The van der Waals surface area contributed by atoms with E-state index in [0.29, 0.717) is 12.5 Å². The van der Waals surface area contributed by atoms with Crippen LogP contribution in [0.15, 0.2) is 0 Å². The minimum Gasteiger partial charge on any atom is -0.376 e. The maximum Gasteiger partial charge on any atom is 0.225 e. The largest absolute Gasteiger partial charge is 0.376 e. The maximum absolute atomic E-state index is 11.5. The van der Waals surface area contributed by atoms with Gasteiger partial charge < -0.3 is 15.4 Å². The molecule has 2 N–H and O–H groups in total. The molecule has 2 rings (SSSR count). The number of nitrogens with one attached hydrogen (secondary N) is 2. The highest BCUT2D eigenvalue weighted by Gasteiger charge is 2.26. The summed E-state index contributed by atoms with van der Waals surface area (Å²) in [6, 6.07) is 0. The molecule has 0 spiro atoms. The Balaban J connectivity index is 1.62. The van der Waals surface area contributed by atoms with E-state index >= 15 is 0 Å². The Morgan fingerprint density at radius 1 is 1.47 bits per heavy atom. The Labute approximate surface area is 90.8 Å². The standard InChI is InChI=1S/C11H20N2O2/c1-8-2-3-10(15-7-8)6-13-11(14)9-4-12-5-9/h8-10,12H,2-7H2,1H3,(H,13,14). The second-order valence-electron chi connectivity index (χ2n) is 4.74. The van der Waals surface area contributed by atoms with Crippen molar-refractivity contribution in [2.45, 2.75) is 25.9 Å². The molecule has 15 heavy (non-hydrogen) atoms. The molecule has 2 unspecified atom stereocenters. The van der Waals surface area contributed by atoms with Crippen LogP contribution in [0.1, 0.15) is 19.8 Å². The Morgan fingerprint density at radius 2 is 2.27 bits per heavy atom. The van der Waals surface area contributed by atoms with Gasteiger partial charge in [0.05, 0.1) is 12.0 Å². The lowest BCUT2D eigenvalue weighted by Crippen LogP contribution is -2.52. The first-order valence-electron chi connectivity index (χ1n) is 5.85. The molecule has 0 aliphatic carbocycles. The fourth-order valence-corrected chi connectivity index (χ4v) is 1.93. The second kappa shape index (κ2) is 4.94. The van der Waals surface area contributed by atoms with Crippen molar-refractivity contribution in [3.63, 3.8) is 0 Å². The van der Waals surface area contributed by atoms with Crippen LogP contribution in [0.4, 0.5) is 0 Å². The first kappa shape index (κ1) is 10.9. The number of rotatable bonds is 3. The molecule has 2 atom stereocenters. The van der Waals surface area contributed by atoms with Crippen molar-refractivity contribution in [2.75, 3.05) is 26.2 Å². The zero-order valence-corrected chi connectivity index (χ0v) is 9.29. The van der Waals surface area contributed by atoms with Gasteiger partial charge in [0, 0.05) is 26.2 Å². The highest BCUT2D eigenvalue weighted by atomic mass is 16.5. The van der Waals surface area contributed by atoms with Gasteiger partial charge in [-0.25, -0.2) is 0 Å². The molecule has 2 fully saturated rings. The maximum atomic E-state index is 11.5. The quantitative estimate of drug-likeness (QED) is 0.699. The van der Waals surface area contributed by atoms with Gasteiger partial charge in [0.25, 0.3) is 0 Å². The van der Waals surface area contributed by atoms with Gasteiger partial charge in [0.15, 0.2) is 0 Å². The van der Waals surface area contributed by atoms with E-state index in [1.54, 1.807) is 0 Å². The number of carbonyl (C=O) groups is 1. The number of ether oxygens (including phenoxy) is 1. The minimum atomic E-state index is 0.177. The summed E-state index contributed by atoms with van der Waals surface area (Å²) in [6.45, 7) is 5.38. The number of hydrogen-bond donors (Lipinski definition) is 2. The molecule has 86 valence electrons. The van der Waals surface area contributed by atoms with Crippen LogP contribution in [-0.4, -0.2) is 38.3 Å². The van der Waals surface area contributed by atoms with E-state index in [4.69, 9.17) is 4.74 Å². The molecule has 0 aromatic heterocycles. The van der Waals surface area contributed by atoms with Crippen molar-refractivity contribution in [3.05, 3.63) is 0 Å². The monoisotopic (exact) mass is 212 g/mol. The fourth-order valence-electron chi connectivity index (χ4n) is 1.93. The normalized spacial score (nSPS) is 32.1. The molecule has 0 aromatic carbocycles. The Bertz CT molecular complexity index is 221. The minimum absolute atomic E-state index is 0.177. The van der Waals surface area contributed by atoms with Crippen molar-refractivity contribution in [1.29, 1.82) is 0 Å². The average molecular weight is 212 g/mol. The van der Waals surface area contributed by atoms with Gasteiger partial charge in [-0.15, -0.1) is 0 Å². The molecule has 4 heteroatoms. The van der Waals surface area contributed by atoms with E-state index in [2.05, 4.69) is 17.6 Å². The molecule has 0 saturated carbocycles. The molecule has 1 amide bonds. The van der Waals surface area contributed by atoms with E-state index in [1.165, 1.54) is 6.42 Å². The van der Waals surface area contributed by atoms with Crippen molar-refractivity contribution >= 4 is 5.91 Å². The smallest absolute Gasteiger partial charge is 0.225 e. The highest BCUT2D eigenvalue weighted by Crippen LogP contribution is 2.17. The highest BCUT2D eigenvalue weighted by molar-refractivity contribution is 5.80. The molecular weight excluding hydrogens is 192 g/mol. The van der Waals surface area contributed by atoms with Gasteiger partial charge in [0.2, 0.25) is 5.91 Å². The molecular formula is C11H20N2O2. The van der Waals surface area contributed by atoms with Crippen molar-refractivity contribution in [3.8, 4) is 0 Å². The summed E-state index contributed by atoms with van der Waals surface area (Å²) < 4.78 is 5.64. The summed E-state index contributed by atoms with van der Waals surface area (Å²) in [4.78, 5) is 11.5. The third kappa shape index (κ3) is 2.92. The molecule has 0 radical (unpaired) electrons. The van der Waals surface area contributed by atoms with Crippen LogP contribution in [0.5, 0.6) is 0 Å². The molecule has 4 nitrogen and oxygen atoms in total. The first-order chi connectivity index (χ1) is 7.25. The second-order valence-corrected chi connectivity index (χ2v) is 4.74. The van der Waals surface area contributed by atoms with Crippen molar-refractivity contribution in [1.82, 2.24) is 10.6 Å². The van der Waals surface area contributed by atoms with Crippen LogP contribution in [-0.2, 0) is 9.53 Å². The molecule has 2 heterocycles. The first-order valence-corrected chi connectivity index (χ1v) is 5.85. The van der Waals surface area contributed by atoms with E-state index in [0.717, 1.165) is 26.1 Å². The average Bonchev–Trinajstić information content (AvgIpc) is 2.14. The molecule has 0 bridgehead atoms.